The fourth-order valence-corrected chi connectivity index (χ4v) is 2.69. The molecule has 0 unspecified atom stereocenters. The first-order valence-corrected chi connectivity index (χ1v) is 7.26. The van der Waals surface area contributed by atoms with Gasteiger partial charge in [-0.1, -0.05) is 55.4 Å². The summed E-state index contributed by atoms with van der Waals surface area (Å²) in [5.41, 5.74) is 1.06. The van der Waals surface area contributed by atoms with E-state index < -0.39 is 0 Å². The number of rotatable bonds is 1. The van der Waals surface area contributed by atoms with Crippen molar-refractivity contribution < 1.29 is 0 Å². The Hall–Kier alpha value is 0. The molecule has 0 N–H and O–H groups in total. The van der Waals surface area contributed by atoms with Gasteiger partial charge in [0.2, 0.25) is 0 Å². The van der Waals surface area contributed by atoms with Crippen LogP contribution in [0, 0.1) is 22.7 Å². The molecule has 0 heterocycles. The lowest BCUT2D eigenvalue weighted by molar-refractivity contribution is 0.0321. The Balaban J connectivity index is 0.00000106. The van der Waals surface area contributed by atoms with Crippen LogP contribution in [0.1, 0.15) is 81.1 Å². The molecule has 0 aromatic heterocycles. The topological polar surface area (TPSA) is 0 Å². The minimum absolute atomic E-state index is 0.481. The normalized spacial score (nSPS) is 30.9. The van der Waals surface area contributed by atoms with E-state index in [-0.39, 0.29) is 0 Å². The summed E-state index contributed by atoms with van der Waals surface area (Å²) in [6.45, 7) is 18.5. The fraction of sp³-hybridized carbons (Fsp3) is 1.00. The van der Waals surface area contributed by atoms with E-state index >= 15 is 0 Å². The number of hydrogen-bond donors (Lipinski definition) is 0. The molecule has 1 fully saturated rings. The van der Waals surface area contributed by atoms with E-state index in [4.69, 9.17) is 0 Å². The van der Waals surface area contributed by atoms with Gasteiger partial charge in [-0.05, 0) is 48.3 Å². The van der Waals surface area contributed by atoms with Crippen LogP contribution in [0.2, 0.25) is 0 Å². The molecule has 1 rings (SSSR count). The Labute approximate surface area is 104 Å². The maximum absolute atomic E-state index is 2.49. The first-order chi connectivity index (χ1) is 7.26. The third kappa shape index (κ3) is 3.79. The minimum atomic E-state index is 0.481. The van der Waals surface area contributed by atoms with Gasteiger partial charge in [0, 0.05) is 0 Å². The van der Waals surface area contributed by atoms with Crippen LogP contribution in [0.15, 0.2) is 0 Å². The van der Waals surface area contributed by atoms with Gasteiger partial charge in [-0.25, -0.2) is 0 Å². The van der Waals surface area contributed by atoms with Crippen molar-refractivity contribution in [1.82, 2.24) is 0 Å². The van der Waals surface area contributed by atoms with Crippen molar-refractivity contribution in [2.24, 2.45) is 22.7 Å². The summed E-state index contributed by atoms with van der Waals surface area (Å²) in [4.78, 5) is 0. The monoisotopic (exact) mass is 226 g/mol. The lowest BCUT2D eigenvalue weighted by atomic mass is 9.58. The Bertz CT molecular complexity index is 175. The van der Waals surface area contributed by atoms with Gasteiger partial charge in [-0.2, -0.15) is 0 Å². The summed E-state index contributed by atoms with van der Waals surface area (Å²) in [5.74, 6) is 1.88. The molecule has 0 nitrogen and oxygen atoms in total. The SMILES string of the molecule is CC.CC(C)C1CCC(C)(C(C)(C)C)CC1. The summed E-state index contributed by atoms with van der Waals surface area (Å²) >= 11 is 0. The average Bonchev–Trinajstić information content (AvgIpc) is 2.20. The molecule has 16 heavy (non-hydrogen) atoms. The van der Waals surface area contributed by atoms with Crippen LogP contribution in [-0.2, 0) is 0 Å². The zero-order valence-electron chi connectivity index (χ0n) is 13.0. The molecule has 1 aliphatic rings. The lowest BCUT2D eigenvalue weighted by Gasteiger charge is -2.47. The van der Waals surface area contributed by atoms with E-state index in [0.717, 1.165) is 11.8 Å². The predicted molar refractivity (Wildman–Crippen MR) is 75.7 cm³/mol. The van der Waals surface area contributed by atoms with Crippen LogP contribution in [0.25, 0.3) is 0 Å². The third-order valence-electron chi connectivity index (χ3n) is 4.89. The molecule has 1 aliphatic carbocycles. The molecule has 0 atom stereocenters. The van der Waals surface area contributed by atoms with Crippen molar-refractivity contribution in [3.63, 3.8) is 0 Å². The van der Waals surface area contributed by atoms with Gasteiger partial charge in [-0.15, -0.1) is 0 Å². The first-order valence-electron chi connectivity index (χ1n) is 7.26. The van der Waals surface area contributed by atoms with Crippen LogP contribution in [0.3, 0.4) is 0 Å². The maximum Gasteiger partial charge on any atom is -0.0277 e. The van der Waals surface area contributed by atoms with E-state index in [1.54, 1.807) is 0 Å². The molecule has 0 aromatic carbocycles. The molecular weight excluding hydrogens is 192 g/mol. The largest absolute Gasteiger partial charge is 0.0683 e. The van der Waals surface area contributed by atoms with Gasteiger partial charge in [-0.3, -0.25) is 0 Å². The third-order valence-corrected chi connectivity index (χ3v) is 4.89. The second-order valence-electron chi connectivity index (χ2n) is 6.89. The van der Waals surface area contributed by atoms with Crippen molar-refractivity contribution in [2.75, 3.05) is 0 Å². The van der Waals surface area contributed by atoms with E-state index in [0.29, 0.717) is 10.8 Å². The van der Waals surface area contributed by atoms with E-state index in [9.17, 15) is 0 Å². The molecule has 0 aromatic rings. The summed E-state index contributed by atoms with van der Waals surface area (Å²) in [6, 6.07) is 0. The highest BCUT2D eigenvalue weighted by molar-refractivity contribution is 4.91. The van der Waals surface area contributed by atoms with Crippen LogP contribution in [-0.4, -0.2) is 0 Å². The molecule has 0 aliphatic heterocycles. The summed E-state index contributed by atoms with van der Waals surface area (Å²) in [5, 5.41) is 0. The molecule has 0 amide bonds. The molecule has 0 spiro atoms. The lowest BCUT2D eigenvalue weighted by Crippen LogP contribution is -2.37. The summed E-state index contributed by atoms with van der Waals surface area (Å²) in [7, 11) is 0. The molecule has 0 radical (unpaired) electrons. The Morgan fingerprint density at radius 3 is 1.62 bits per heavy atom. The van der Waals surface area contributed by atoms with Crippen LogP contribution in [0.4, 0.5) is 0 Å². The predicted octanol–water partition coefficient (Wildman–Crippen LogP) is 5.91. The van der Waals surface area contributed by atoms with Gasteiger partial charge >= 0.3 is 0 Å². The highest BCUT2D eigenvalue weighted by Gasteiger charge is 2.40. The van der Waals surface area contributed by atoms with Crippen molar-refractivity contribution in [3.8, 4) is 0 Å². The van der Waals surface area contributed by atoms with Gasteiger partial charge < -0.3 is 0 Å². The van der Waals surface area contributed by atoms with Gasteiger partial charge in [0.15, 0.2) is 0 Å². The van der Waals surface area contributed by atoms with E-state index in [1.807, 2.05) is 13.8 Å². The number of hydrogen-bond acceptors (Lipinski definition) is 0. The standard InChI is InChI=1S/C14H28.C2H6/c1-11(2)12-7-9-14(6,10-8-12)13(3,4)5;1-2/h11-12H,7-10H2,1-6H3;1-2H3. The molecule has 0 heteroatoms. The summed E-state index contributed by atoms with van der Waals surface area (Å²) < 4.78 is 0. The smallest absolute Gasteiger partial charge is 0.0277 e. The highest BCUT2D eigenvalue weighted by Crippen LogP contribution is 2.51. The molecule has 0 bridgehead atoms. The Kier molecular flexibility index (Phi) is 6.07. The second-order valence-corrected chi connectivity index (χ2v) is 6.89. The van der Waals surface area contributed by atoms with Crippen LogP contribution in [0.5, 0.6) is 0 Å². The fourth-order valence-electron chi connectivity index (χ4n) is 2.69. The Morgan fingerprint density at radius 1 is 1.00 bits per heavy atom. The van der Waals surface area contributed by atoms with Crippen molar-refractivity contribution in [1.29, 1.82) is 0 Å². The van der Waals surface area contributed by atoms with Gasteiger partial charge in [0.25, 0.3) is 0 Å². The zero-order chi connectivity index (χ0) is 13.0. The quantitative estimate of drug-likeness (QED) is 0.521. The van der Waals surface area contributed by atoms with Crippen molar-refractivity contribution in [2.45, 2.75) is 81.1 Å². The summed E-state index contributed by atoms with van der Waals surface area (Å²) in [6.07, 6.45) is 5.76. The van der Waals surface area contributed by atoms with E-state index in [2.05, 4.69) is 41.5 Å². The zero-order valence-corrected chi connectivity index (χ0v) is 13.0. The van der Waals surface area contributed by atoms with E-state index in [1.165, 1.54) is 25.7 Å². The molecule has 98 valence electrons. The first kappa shape index (κ1) is 16.0. The Morgan fingerprint density at radius 2 is 1.38 bits per heavy atom. The maximum atomic E-state index is 2.49. The molecule has 0 saturated heterocycles. The minimum Gasteiger partial charge on any atom is -0.0683 e. The van der Waals surface area contributed by atoms with Crippen LogP contribution < -0.4 is 0 Å². The van der Waals surface area contributed by atoms with Gasteiger partial charge in [0.05, 0.1) is 0 Å². The molecule has 1 saturated carbocycles. The second kappa shape index (κ2) is 6.07. The average molecular weight is 226 g/mol. The highest BCUT2D eigenvalue weighted by atomic mass is 14.5. The van der Waals surface area contributed by atoms with Crippen molar-refractivity contribution >= 4 is 0 Å². The van der Waals surface area contributed by atoms with Gasteiger partial charge in [0.1, 0.15) is 0 Å². The van der Waals surface area contributed by atoms with Crippen molar-refractivity contribution in [3.05, 3.63) is 0 Å². The molecular formula is C16H34. The van der Waals surface area contributed by atoms with Crippen LogP contribution >= 0.6 is 0 Å².